The van der Waals surface area contributed by atoms with Crippen LogP contribution in [0, 0.1) is 12.8 Å². The van der Waals surface area contributed by atoms with Gasteiger partial charge in [0.15, 0.2) is 0 Å². The number of carbonyl (C=O) groups excluding carboxylic acids is 2. The number of likely N-dealkylation sites (N-methyl/N-ethyl adjacent to an activating group) is 1. The quantitative estimate of drug-likeness (QED) is 0.337. The fraction of sp³-hybridized carbons (Fsp3) is 0.344. The van der Waals surface area contributed by atoms with E-state index in [2.05, 4.69) is 15.6 Å². The molecule has 0 unspecified atom stereocenters. The van der Waals surface area contributed by atoms with Crippen molar-refractivity contribution in [2.24, 2.45) is 10.9 Å². The van der Waals surface area contributed by atoms with Gasteiger partial charge in [-0.3, -0.25) is 10.1 Å². The number of amidine groups is 1. The van der Waals surface area contributed by atoms with Gasteiger partial charge in [0.1, 0.15) is 18.4 Å². The van der Waals surface area contributed by atoms with Gasteiger partial charge in [-0.05, 0) is 53.8 Å². The Morgan fingerprint density at radius 1 is 1.02 bits per heavy atom. The lowest BCUT2D eigenvalue weighted by Gasteiger charge is -2.27. The summed E-state index contributed by atoms with van der Waals surface area (Å²) < 4.78 is 16.5. The van der Waals surface area contributed by atoms with Crippen LogP contribution in [0.15, 0.2) is 71.7 Å². The first kappa shape index (κ1) is 29.5. The Labute approximate surface area is 241 Å². The maximum Gasteiger partial charge on any atom is 0.411 e. The van der Waals surface area contributed by atoms with Crippen LogP contribution in [0.5, 0.6) is 5.75 Å². The molecule has 9 heteroatoms. The molecule has 1 atom stereocenters. The van der Waals surface area contributed by atoms with Crippen molar-refractivity contribution in [2.75, 3.05) is 26.1 Å². The first-order valence-electron chi connectivity index (χ1n) is 13.7. The number of hydrogen-bond acceptors (Lipinski definition) is 7. The second-order valence-corrected chi connectivity index (χ2v) is 10.5. The minimum absolute atomic E-state index is 0.0857. The van der Waals surface area contributed by atoms with Crippen LogP contribution >= 0.6 is 0 Å². The molecule has 0 radical (unpaired) electrons. The van der Waals surface area contributed by atoms with E-state index in [4.69, 9.17) is 14.2 Å². The standard InChI is InChI=1S/C32H38N4O5/c1-21(2)19-41-32(38)35-27-15-16-28-26(22(27)3)20-40-31(33-28)34-29(17-23-11-13-25(39-5)14-12-23)30(37)36(4)18-24-9-7-6-8-10-24/h6-16,21,29H,17-20H2,1-5H3,(H,33,34)(H,35,38)/t29-/m0/s1. The van der Waals surface area contributed by atoms with Crippen LogP contribution in [0.3, 0.4) is 0 Å². The number of amides is 2. The number of hydrogen-bond donors (Lipinski definition) is 2. The van der Waals surface area contributed by atoms with E-state index in [1.807, 2.05) is 81.4 Å². The van der Waals surface area contributed by atoms with Crippen molar-refractivity contribution in [3.63, 3.8) is 0 Å². The molecule has 9 nitrogen and oxygen atoms in total. The lowest BCUT2D eigenvalue weighted by atomic mass is 10.0. The van der Waals surface area contributed by atoms with Crippen LogP contribution in [0.4, 0.5) is 16.2 Å². The van der Waals surface area contributed by atoms with Crippen molar-refractivity contribution < 1.29 is 23.8 Å². The Balaban J connectivity index is 1.52. The lowest BCUT2D eigenvalue weighted by Crippen LogP contribution is -2.49. The summed E-state index contributed by atoms with van der Waals surface area (Å²) in [4.78, 5) is 32.2. The summed E-state index contributed by atoms with van der Waals surface area (Å²) in [6, 6.07) is 20.8. The van der Waals surface area contributed by atoms with E-state index in [0.717, 1.165) is 28.0 Å². The zero-order valence-electron chi connectivity index (χ0n) is 24.3. The number of ether oxygens (including phenoxy) is 3. The monoisotopic (exact) mass is 558 g/mol. The average molecular weight is 559 g/mol. The van der Waals surface area contributed by atoms with Crippen LogP contribution in [-0.2, 0) is 33.8 Å². The van der Waals surface area contributed by atoms with E-state index >= 15 is 0 Å². The molecule has 1 heterocycles. The van der Waals surface area contributed by atoms with Crippen molar-refractivity contribution in [3.05, 3.63) is 89.0 Å². The van der Waals surface area contributed by atoms with Gasteiger partial charge in [-0.15, -0.1) is 0 Å². The van der Waals surface area contributed by atoms with Crippen molar-refractivity contribution in [1.82, 2.24) is 10.2 Å². The highest BCUT2D eigenvalue weighted by atomic mass is 16.5. The second kappa shape index (κ2) is 13.7. The highest BCUT2D eigenvalue weighted by Gasteiger charge is 2.27. The van der Waals surface area contributed by atoms with E-state index < -0.39 is 12.1 Å². The number of benzene rings is 3. The number of rotatable bonds is 10. The van der Waals surface area contributed by atoms with E-state index in [0.29, 0.717) is 30.9 Å². The van der Waals surface area contributed by atoms with Gasteiger partial charge >= 0.3 is 6.09 Å². The van der Waals surface area contributed by atoms with Gasteiger partial charge in [-0.25, -0.2) is 4.79 Å². The molecule has 0 aromatic heterocycles. The molecule has 0 saturated heterocycles. The van der Waals surface area contributed by atoms with Crippen LogP contribution < -0.4 is 15.4 Å². The molecular weight excluding hydrogens is 520 g/mol. The van der Waals surface area contributed by atoms with Gasteiger partial charge in [-0.1, -0.05) is 56.3 Å². The van der Waals surface area contributed by atoms with Gasteiger partial charge in [-0.2, -0.15) is 4.99 Å². The van der Waals surface area contributed by atoms with Crippen LogP contribution in [0.25, 0.3) is 0 Å². The topological polar surface area (TPSA) is 101 Å². The highest BCUT2D eigenvalue weighted by Crippen LogP contribution is 2.32. The van der Waals surface area contributed by atoms with E-state index in [1.54, 1.807) is 25.1 Å². The number of nitrogens with zero attached hydrogens (tertiary/aromatic N) is 2. The van der Waals surface area contributed by atoms with Gasteiger partial charge < -0.3 is 24.4 Å². The predicted molar refractivity (Wildman–Crippen MR) is 159 cm³/mol. The summed E-state index contributed by atoms with van der Waals surface area (Å²) in [6.45, 7) is 6.93. The summed E-state index contributed by atoms with van der Waals surface area (Å²) in [5.74, 6) is 0.912. The molecule has 2 amide bonds. The minimum atomic E-state index is -0.616. The number of anilines is 1. The SMILES string of the molecule is COc1ccc(C[C@H](NC2=Nc3ccc(NC(=O)OCC(C)C)c(C)c3CO2)C(=O)N(C)Cc2ccccc2)cc1. The average Bonchev–Trinajstić information content (AvgIpc) is 2.97. The summed E-state index contributed by atoms with van der Waals surface area (Å²) in [7, 11) is 3.41. The summed E-state index contributed by atoms with van der Waals surface area (Å²) in [6.07, 6.45) is -0.0683. The first-order chi connectivity index (χ1) is 19.7. The second-order valence-electron chi connectivity index (χ2n) is 10.5. The molecule has 0 aliphatic carbocycles. The third-order valence-corrected chi connectivity index (χ3v) is 6.77. The van der Waals surface area contributed by atoms with Crippen molar-refractivity contribution in [3.8, 4) is 5.75 Å². The molecule has 216 valence electrons. The Bertz CT molecular complexity index is 1370. The fourth-order valence-electron chi connectivity index (χ4n) is 4.46. The normalized spacial score (nSPS) is 12.9. The fourth-order valence-corrected chi connectivity index (χ4v) is 4.46. The van der Waals surface area contributed by atoms with Crippen molar-refractivity contribution in [2.45, 2.75) is 46.4 Å². The number of carbonyl (C=O) groups is 2. The lowest BCUT2D eigenvalue weighted by molar-refractivity contribution is -0.132. The van der Waals surface area contributed by atoms with E-state index in [9.17, 15) is 9.59 Å². The summed E-state index contributed by atoms with van der Waals surface area (Å²) >= 11 is 0. The third kappa shape index (κ3) is 8.00. The molecule has 1 aliphatic rings. The maximum atomic E-state index is 13.7. The third-order valence-electron chi connectivity index (χ3n) is 6.77. The Hall–Kier alpha value is -4.53. The molecule has 41 heavy (non-hydrogen) atoms. The molecular formula is C32H38N4O5. The molecule has 3 aromatic carbocycles. The number of fused-ring (bicyclic) bond motifs is 1. The molecule has 0 saturated carbocycles. The Morgan fingerprint density at radius 3 is 2.44 bits per heavy atom. The van der Waals surface area contributed by atoms with Gasteiger partial charge in [0.25, 0.3) is 6.02 Å². The maximum absolute atomic E-state index is 13.7. The van der Waals surface area contributed by atoms with Crippen molar-refractivity contribution in [1.29, 1.82) is 0 Å². The Morgan fingerprint density at radius 2 is 1.76 bits per heavy atom. The van der Waals surface area contributed by atoms with E-state index in [1.165, 1.54) is 0 Å². The van der Waals surface area contributed by atoms with E-state index in [-0.39, 0.29) is 24.5 Å². The molecule has 0 spiro atoms. The van der Waals surface area contributed by atoms with Gasteiger partial charge in [0.05, 0.1) is 19.4 Å². The van der Waals surface area contributed by atoms with Gasteiger partial charge in [0.2, 0.25) is 5.91 Å². The van der Waals surface area contributed by atoms with Crippen molar-refractivity contribution >= 4 is 29.4 Å². The van der Waals surface area contributed by atoms with Crippen LogP contribution in [0.2, 0.25) is 0 Å². The first-order valence-corrected chi connectivity index (χ1v) is 13.7. The van der Waals surface area contributed by atoms with Gasteiger partial charge in [0, 0.05) is 31.3 Å². The predicted octanol–water partition coefficient (Wildman–Crippen LogP) is 5.59. The largest absolute Gasteiger partial charge is 0.497 e. The zero-order chi connectivity index (χ0) is 29.4. The molecule has 0 bridgehead atoms. The number of aliphatic imine (C=N–C) groups is 1. The zero-order valence-corrected chi connectivity index (χ0v) is 24.3. The van der Waals surface area contributed by atoms with Crippen LogP contribution in [-0.4, -0.2) is 49.7 Å². The minimum Gasteiger partial charge on any atom is -0.497 e. The summed E-state index contributed by atoms with van der Waals surface area (Å²) in [5, 5.41) is 6.05. The molecule has 2 N–H and O–H groups in total. The summed E-state index contributed by atoms with van der Waals surface area (Å²) in [5.41, 5.74) is 5.07. The number of nitrogens with one attached hydrogen (secondary N) is 2. The molecule has 0 fully saturated rings. The smallest absolute Gasteiger partial charge is 0.411 e. The van der Waals surface area contributed by atoms with Crippen LogP contribution in [0.1, 0.15) is 36.1 Å². The molecule has 1 aliphatic heterocycles. The molecule has 3 aromatic rings. The number of methoxy groups -OCH3 is 1. The molecule has 4 rings (SSSR count). The Kier molecular flexibility index (Phi) is 9.84. The highest BCUT2D eigenvalue weighted by molar-refractivity contribution is 5.90.